The number of fused-ring (bicyclic) bond motifs is 1. The summed E-state index contributed by atoms with van der Waals surface area (Å²) in [5.41, 5.74) is 1.26. The van der Waals surface area contributed by atoms with Crippen LogP contribution in [0.4, 0.5) is 0 Å². The van der Waals surface area contributed by atoms with Gasteiger partial charge in [0.1, 0.15) is 0 Å². The molecular weight excluding hydrogens is 280 g/mol. The fourth-order valence-corrected chi connectivity index (χ4v) is 2.81. The zero-order chi connectivity index (χ0) is 15.3. The minimum atomic E-state index is 0.132. The third-order valence-electron chi connectivity index (χ3n) is 3.21. The summed E-state index contributed by atoms with van der Waals surface area (Å²) in [6.45, 7) is 8.04. The van der Waals surface area contributed by atoms with Gasteiger partial charge in [-0.05, 0) is 23.9 Å². The molecular formula is C17H24N2OS. The Morgan fingerprint density at radius 2 is 2.00 bits per heavy atom. The second-order valence-corrected chi connectivity index (χ2v) is 7.97. The standard InChI is InChI=1S/C17H24N2OS/c1-17(2,3)21-13-16(20)18-10-6-11-19-12-9-14-7-4-5-8-15(14)19/h4-5,7-9,12H,6,10-11,13H2,1-3H3,(H,18,20). The first kappa shape index (κ1) is 16.0. The lowest BCUT2D eigenvalue weighted by atomic mass is 10.2. The summed E-state index contributed by atoms with van der Waals surface area (Å²) in [6, 6.07) is 10.5. The van der Waals surface area contributed by atoms with Crippen LogP contribution in [-0.2, 0) is 11.3 Å². The molecule has 1 heterocycles. The summed E-state index contributed by atoms with van der Waals surface area (Å²) in [5.74, 6) is 0.669. The maximum atomic E-state index is 11.7. The number of nitrogens with one attached hydrogen (secondary N) is 1. The first-order valence-corrected chi connectivity index (χ1v) is 8.39. The van der Waals surface area contributed by atoms with Crippen LogP contribution in [-0.4, -0.2) is 27.5 Å². The number of aromatic nitrogens is 1. The molecule has 0 atom stereocenters. The average Bonchev–Trinajstić information content (AvgIpc) is 2.84. The van der Waals surface area contributed by atoms with Crippen LogP contribution >= 0.6 is 11.8 Å². The van der Waals surface area contributed by atoms with Crippen LogP contribution in [0.5, 0.6) is 0 Å². The van der Waals surface area contributed by atoms with Crippen LogP contribution in [0.25, 0.3) is 10.9 Å². The molecule has 0 spiro atoms. The fourth-order valence-electron chi connectivity index (χ4n) is 2.15. The van der Waals surface area contributed by atoms with Gasteiger partial charge in [0.05, 0.1) is 5.75 Å². The number of para-hydroxylation sites is 1. The second kappa shape index (κ2) is 7.03. The number of carbonyl (C=O) groups excluding carboxylic acids is 1. The van der Waals surface area contributed by atoms with E-state index in [4.69, 9.17) is 0 Å². The molecule has 1 aromatic heterocycles. The molecule has 0 fully saturated rings. The molecule has 1 N–H and O–H groups in total. The number of nitrogens with zero attached hydrogens (tertiary/aromatic N) is 1. The van der Waals surface area contributed by atoms with Crippen molar-refractivity contribution < 1.29 is 4.79 Å². The smallest absolute Gasteiger partial charge is 0.230 e. The van der Waals surface area contributed by atoms with Crippen LogP contribution in [0.15, 0.2) is 36.5 Å². The van der Waals surface area contributed by atoms with Crippen LogP contribution < -0.4 is 5.32 Å². The van der Waals surface area contributed by atoms with E-state index in [9.17, 15) is 4.79 Å². The number of hydrogen-bond acceptors (Lipinski definition) is 2. The summed E-state index contributed by atoms with van der Waals surface area (Å²) >= 11 is 1.68. The van der Waals surface area contributed by atoms with Gasteiger partial charge in [0.15, 0.2) is 0 Å². The van der Waals surface area contributed by atoms with E-state index >= 15 is 0 Å². The van der Waals surface area contributed by atoms with E-state index in [-0.39, 0.29) is 10.7 Å². The van der Waals surface area contributed by atoms with Gasteiger partial charge in [-0.25, -0.2) is 0 Å². The predicted octanol–water partition coefficient (Wildman–Crippen LogP) is 3.68. The highest BCUT2D eigenvalue weighted by Crippen LogP contribution is 2.22. The number of rotatable bonds is 6. The van der Waals surface area contributed by atoms with Crippen LogP contribution in [0.2, 0.25) is 0 Å². The van der Waals surface area contributed by atoms with Crippen molar-refractivity contribution in [1.29, 1.82) is 0 Å². The highest BCUT2D eigenvalue weighted by atomic mass is 32.2. The quantitative estimate of drug-likeness (QED) is 0.826. The lowest BCUT2D eigenvalue weighted by Gasteiger charge is -2.17. The molecule has 0 aliphatic carbocycles. The number of aryl methyl sites for hydroxylation is 1. The van der Waals surface area contributed by atoms with Crippen molar-refractivity contribution in [3.8, 4) is 0 Å². The molecule has 4 heteroatoms. The van der Waals surface area contributed by atoms with Crippen molar-refractivity contribution in [2.75, 3.05) is 12.3 Å². The Bertz CT molecular complexity index is 598. The summed E-state index contributed by atoms with van der Waals surface area (Å²) in [7, 11) is 0. The summed E-state index contributed by atoms with van der Waals surface area (Å²) < 4.78 is 2.38. The van der Waals surface area contributed by atoms with Crippen molar-refractivity contribution >= 4 is 28.6 Å². The predicted molar refractivity (Wildman–Crippen MR) is 91.8 cm³/mol. The molecule has 21 heavy (non-hydrogen) atoms. The molecule has 0 unspecified atom stereocenters. The molecule has 1 amide bonds. The number of benzene rings is 1. The van der Waals surface area contributed by atoms with Gasteiger partial charge in [-0.3, -0.25) is 4.79 Å². The molecule has 0 radical (unpaired) electrons. The van der Waals surface area contributed by atoms with E-state index in [1.807, 2.05) is 0 Å². The molecule has 1 aromatic carbocycles. The second-order valence-electron chi connectivity index (χ2n) is 6.17. The van der Waals surface area contributed by atoms with Crippen molar-refractivity contribution in [1.82, 2.24) is 9.88 Å². The molecule has 3 nitrogen and oxygen atoms in total. The number of carbonyl (C=O) groups is 1. The molecule has 0 saturated carbocycles. The van der Waals surface area contributed by atoms with Gasteiger partial charge < -0.3 is 9.88 Å². The maximum Gasteiger partial charge on any atom is 0.230 e. The average molecular weight is 304 g/mol. The Labute approximate surface area is 131 Å². The van der Waals surface area contributed by atoms with Crippen LogP contribution in [0.1, 0.15) is 27.2 Å². The van der Waals surface area contributed by atoms with E-state index in [0.717, 1.165) is 19.5 Å². The largest absolute Gasteiger partial charge is 0.355 e. The number of hydrogen-bond donors (Lipinski definition) is 1. The van der Waals surface area contributed by atoms with Crippen LogP contribution in [0, 0.1) is 0 Å². The minimum absolute atomic E-state index is 0.132. The fraction of sp³-hybridized carbons (Fsp3) is 0.471. The van der Waals surface area contributed by atoms with E-state index < -0.39 is 0 Å². The summed E-state index contributed by atoms with van der Waals surface area (Å²) in [5, 5.41) is 4.26. The van der Waals surface area contributed by atoms with E-state index in [2.05, 4.69) is 67.2 Å². The van der Waals surface area contributed by atoms with Gasteiger partial charge in [-0.1, -0.05) is 39.0 Å². The van der Waals surface area contributed by atoms with Gasteiger partial charge in [-0.15, -0.1) is 11.8 Å². The van der Waals surface area contributed by atoms with Crippen molar-refractivity contribution in [3.05, 3.63) is 36.5 Å². The monoisotopic (exact) mass is 304 g/mol. The molecule has 0 aliphatic rings. The van der Waals surface area contributed by atoms with Crippen molar-refractivity contribution in [3.63, 3.8) is 0 Å². The van der Waals surface area contributed by atoms with Gasteiger partial charge in [-0.2, -0.15) is 0 Å². The molecule has 2 rings (SSSR count). The molecule has 2 aromatic rings. The van der Waals surface area contributed by atoms with E-state index in [1.165, 1.54) is 10.9 Å². The summed E-state index contributed by atoms with van der Waals surface area (Å²) in [6.07, 6.45) is 3.06. The molecule has 0 saturated heterocycles. The minimum Gasteiger partial charge on any atom is -0.355 e. The number of amides is 1. The SMILES string of the molecule is CC(C)(C)SCC(=O)NCCCn1ccc2ccccc21. The number of thioether (sulfide) groups is 1. The Hall–Kier alpha value is -1.42. The van der Waals surface area contributed by atoms with Crippen molar-refractivity contribution in [2.24, 2.45) is 0 Å². The van der Waals surface area contributed by atoms with Crippen molar-refractivity contribution in [2.45, 2.75) is 38.5 Å². The van der Waals surface area contributed by atoms with Gasteiger partial charge in [0.2, 0.25) is 5.91 Å². The third kappa shape index (κ3) is 5.12. The zero-order valence-corrected chi connectivity index (χ0v) is 13.9. The zero-order valence-electron chi connectivity index (χ0n) is 13.1. The lowest BCUT2D eigenvalue weighted by Crippen LogP contribution is -2.28. The highest BCUT2D eigenvalue weighted by molar-refractivity contribution is 8.01. The lowest BCUT2D eigenvalue weighted by molar-refractivity contribution is -0.118. The highest BCUT2D eigenvalue weighted by Gasteiger charge is 2.12. The molecule has 0 bridgehead atoms. The van der Waals surface area contributed by atoms with E-state index in [0.29, 0.717) is 5.75 Å². The summed E-state index contributed by atoms with van der Waals surface area (Å²) in [4.78, 5) is 11.7. The van der Waals surface area contributed by atoms with Gasteiger partial charge in [0, 0.05) is 29.6 Å². The molecule has 114 valence electrons. The Balaban J connectivity index is 1.71. The third-order valence-corrected chi connectivity index (χ3v) is 4.49. The van der Waals surface area contributed by atoms with Gasteiger partial charge >= 0.3 is 0 Å². The first-order valence-electron chi connectivity index (χ1n) is 7.40. The van der Waals surface area contributed by atoms with Crippen LogP contribution in [0.3, 0.4) is 0 Å². The molecule has 0 aliphatic heterocycles. The van der Waals surface area contributed by atoms with Gasteiger partial charge in [0.25, 0.3) is 0 Å². The normalized spacial score (nSPS) is 11.8. The topological polar surface area (TPSA) is 34.0 Å². The maximum absolute atomic E-state index is 11.7. The van der Waals surface area contributed by atoms with E-state index in [1.54, 1.807) is 11.8 Å². The Kier molecular flexibility index (Phi) is 5.34. The Morgan fingerprint density at radius 3 is 2.76 bits per heavy atom. The Morgan fingerprint density at radius 1 is 1.24 bits per heavy atom. The first-order chi connectivity index (χ1) is 9.96.